The van der Waals surface area contributed by atoms with Gasteiger partial charge in [0.15, 0.2) is 0 Å². The van der Waals surface area contributed by atoms with Gasteiger partial charge in [-0.05, 0) is 47.1 Å². The molecule has 0 bridgehead atoms. The van der Waals surface area contributed by atoms with E-state index in [0.29, 0.717) is 0 Å². The molecule has 2 rings (SSSR count). The van der Waals surface area contributed by atoms with Crippen LogP contribution >= 0.6 is 12.4 Å². The van der Waals surface area contributed by atoms with Crippen LogP contribution in [0.4, 0.5) is 0 Å². The van der Waals surface area contributed by atoms with Gasteiger partial charge in [0.1, 0.15) is 5.75 Å². The Bertz CT molecular complexity index is 470. The highest BCUT2D eigenvalue weighted by Crippen LogP contribution is 2.18. The van der Waals surface area contributed by atoms with Crippen LogP contribution in [-0.4, -0.2) is 5.11 Å². The summed E-state index contributed by atoms with van der Waals surface area (Å²) in [5.74, 6) is 0.240. The highest BCUT2D eigenvalue weighted by Gasteiger charge is 2.01. The SMILES string of the molecule is Cl.N=S(c1ccccc1)c1ccc(O)cc1. The zero-order chi connectivity index (χ0) is 10.7. The third-order valence-corrected chi connectivity index (χ3v) is 3.54. The van der Waals surface area contributed by atoms with Crippen LogP contribution < -0.4 is 0 Å². The molecule has 0 saturated carbocycles. The highest BCUT2D eigenvalue weighted by atomic mass is 35.5. The highest BCUT2D eigenvalue weighted by molar-refractivity contribution is 7.86. The lowest BCUT2D eigenvalue weighted by atomic mass is 10.3. The van der Waals surface area contributed by atoms with E-state index in [1.54, 1.807) is 24.3 Å². The molecule has 84 valence electrons. The molecule has 4 heteroatoms. The molecule has 0 spiro atoms. The van der Waals surface area contributed by atoms with Crippen molar-refractivity contribution in [3.63, 3.8) is 0 Å². The zero-order valence-electron chi connectivity index (χ0n) is 8.46. The summed E-state index contributed by atoms with van der Waals surface area (Å²) >= 11 is 0. The normalized spacial score (nSPS) is 11.5. The predicted octanol–water partition coefficient (Wildman–Crippen LogP) is 3.61. The first-order valence-corrected chi connectivity index (χ1v) is 5.79. The van der Waals surface area contributed by atoms with E-state index in [9.17, 15) is 0 Å². The zero-order valence-corrected chi connectivity index (χ0v) is 10.1. The van der Waals surface area contributed by atoms with E-state index in [4.69, 9.17) is 9.89 Å². The van der Waals surface area contributed by atoms with Crippen molar-refractivity contribution in [2.24, 2.45) is 0 Å². The summed E-state index contributed by atoms with van der Waals surface area (Å²) in [6.45, 7) is 0. The fourth-order valence-electron chi connectivity index (χ4n) is 1.27. The summed E-state index contributed by atoms with van der Waals surface area (Å²) in [6, 6.07) is 16.5. The second kappa shape index (κ2) is 5.68. The Hall–Kier alpha value is -1.32. The molecule has 16 heavy (non-hydrogen) atoms. The van der Waals surface area contributed by atoms with E-state index >= 15 is 0 Å². The number of hydrogen-bond donors (Lipinski definition) is 2. The number of aromatic hydroxyl groups is 1. The van der Waals surface area contributed by atoms with Crippen molar-refractivity contribution < 1.29 is 5.11 Å². The molecule has 2 nitrogen and oxygen atoms in total. The van der Waals surface area contributed by atoms with Gasteiger partial charge in [0.05, 0.1) is 0 Å². The van der Waals surface area contributed by atoms with E-state index in [-0.39, 0.29) is 18.2 Å². The Morgan fingerprint density at radius 1 is 0.812 bits per heavy atom. The fraction of sp³-hybridized carbons (Fsp3) is 0. The van der Waals surface area contributed by atoms with Crippen LogP contribution in [-0.2, 0) is 10.7 Å². The number of halogens is 1. The molecule has 0 aliphatic heterocycles. The van der Waals surface area contributed by atoms with Crippen LogP contribution in [0.3, 0.4) is 0 Å². The third-order valence-electron chi connectivity index (χ3n) is 2.05. The summed E-state index contributed by atoms with van der Waals surface area (Å²) in [6.07, 6.45) is 0. The topological polar surface area (TPSA) is 44.1 Å². The first-order chi connectivity index (χ1) is 7.27. The van der Waals surface area contributed by atoms with Gasteiger partial charge in [-0.1, -0.05) is 18.2 Å². The molecule has 0 heterocycles. The number of phenols is 1. The molecule has 0 aliphatic carbocycles. The molecular formula is C12H12ClNOS. The Balaban J connectivity index is 0.00000128. The molecule has 2 aromatic carbocycles. The molecule has 1 atom stereocenters. The largest absolute Gasteiger partial charge is 0.508 e. The van der Waals surface area contributed by atoms with E-state index in [1.165, 1.54) is 0 Å². The van der Waals surface area contributed by atoms with Crippen molar-refractivity contribution >= 4 is 23.1 Å². The molecular weight excluding hydrogens is 242 g/mol. The van der Waals surface area contributed by atoms with Crippen molar-refractivity contribution in [1.82, 2.24) is 0 Å². The van der Waals surface area contributed by atoms with Gasteiger partial charge in [0.25, 0.3) is 0 Å². The van der Waals surface area contributed by atoms with Gasteiger partial charge in [-0.15, -0.1) is 12.4 Å². The number of benzene rings is 2. The molecule has 0 saturated heterocycles. The summed E-state index contributed by atoms with van der Waals surface area (Å²) < 4.78 is 8.07. The smallest absolute Gasteiger partial charge is 0.115 e. The van der Waals surface area contributed by atoms with Gasteiger partial charge < -0.3 is 5.11 Å². The number of phenolic OH excluding ortho intramolecular Hbond substituents is 1. The van der Waals surface area contributed by atoms with Crippen LogP contribution in [0.25, 0.3) is 0 Å². The standard InChI is InChI=1S/C12H11NOS.ClH/c13-15(11-4-2-1-3-5-11)12-8-6-10(14)7-9-12;/h1-9,13-14H;1H. The van der Waals surface area contributed by atoms with Gasteiger partial charge in [-0.25, -0.2) is 0 Å². The van der Waals surface area contributed by atoms with Gasteiger partial charge in [-0.3, -0.25) is 4.78 Å². The molecule has 2 aromatic rings. The minimum atomic E-state index is -0.666. The minimum absolute atomic E-state index is 0. The van der Waals surface area contributed by atoms with Crippen molar-refractivity contribution in [3.8, 4) is 5.75 Å². The Morgan fingerprint density at radius 2 is 1.31 bits per heavy atom. The maximum atomic E-state index is 9.15. The Kier molecular flexibility index (Phi) is 4.52. The van der Waals surface area contributed by atoms with E-state index in [2.05, 4.69) is 0 Å². The van der Waals surface area contributed by atoms with Crippen molar-refractivity contribution in [2.75, 3.05) is 0 Å². The van der Waals surface area contributed by atoms with E-state index < -0.39 is 10.7 Å². The lowest BCUT2D eigenvalue weighted by Crippen LogP contribution is -1.89. The van der Waals surface area contributed by atoms with Gasteiger partial charge in [0.2, 0.25) is 0 Å². The number of rotatable bonds is 2. The van der Waals surface area contributed by atoms with Crippen LogP contribution in [0.1, 0.15) is 0 Å². The van der Waals surface area contributed by atoms with Crippen molar-refractivity contribution in [3.05, 3.63) is 54.6 Å². The Labute approximate surface area is 103 Å². The molecule has 0 fully saturated rings. The summed E-state index contributed by atoms with van der Waals surface area (Å²) in [7, 11) is -0.666. The first-order valence-electron chi connectivity index (χ1n) is 4.57. The summed E-state index contributed by atoms with van der Waals surface area (Å²) in [4.78, 5) is 1.90. The predicted molar refractivity (Wildman–Crippen MR) is 68.4 cm³/mol. The molecule has 0 amide bonds. The molecule has 0 radical (unpaired) electrons. The lowest BCUT2D eigenvalue weighted by Gasteiger charge is -2.05. The van der Waals surface area contributed by atoms with Crippen LogP contribution in [0.2, 0.25) is 0 Å². The average molecular weight is 254 g/mol. The maximum Gasteiger partial charge on any atom is 0.115 e. The Morgan fingerprint density at radius 3 is 1.88 bits per heavy atom. The molecule has 0 aromatic heterocycles. The number of hydrogen-bond acceptors (Lipinski definition) is 2. The summed E-state index contributed by atoms with van der Waals surface area (Å²) in [5.41, 5.74) is 0. The monoisotopic (exact) mass is 253 g/mol. The second-order valence-corrected chi connectivity index (χ2v) is 4.67. The lowest BCUT2D eigenvalue weighted by molar-refractivity contribution is 0.475. The quantitative estimate of drug-likeness (QED) is 0.844. The van der Waals surface area contributed by atoms with E-state index in [1.807, 2.05) is 30.3 Å². The molecule has 2 N–H and O–H groups in total. The summed E-state index contributed by atoms with van der Waals surface area (Å²) in [5, 5.41) is 9.15. The maximum absolute atomic E-state index is 9.15. The van der Waals surface area contributed by atoms with Crippen LogP contribution in [0.5, 0.6) is 5.75 Å². The first kappa shape index (κ1) is 12.7. The second-order valence-electron chi connectivity index (χ2n) is 3.11. The van der Waals surface area contributed by atoms with Gasteiger partial charge in [0, 0.05) is 9.79 Å². The van der Waals surface area contributed by atoms with Gasteiger partial charge in [-0.2, -0.15) is 0 Å². The van der Waals surface area contributed by atoms with Crippen LogP contribution in [0.15, 0.2) is 64.4 Å². The molecule has 0 aliphatic rings. The molecule has 1 unspecified atom stereocenters. The average Bonchev–Trinajstić information content (AvgIpc) is 2.30. The van der Waals surface area contributed by atoms with Crippen molar-refractivity contribution in [2.45, 2.75) is 9.79 Å². The van der Waals surface area contributed by atoms with Crippen LogP contribution in [0, 0.1) is 4.78 Å². The van der Waals surface area contributed by atoms with Gasteiger partial charge >= 0.3 is 0 Å². The van der Waals surface area contributed by atoms with E-state index in [0.717, 1.165) is 9.79 Å². The van der Waals surface area contributed by atoms with Crippen molar-refractivity contribution in [1.29, 1.82) is 4.78 Å². The fourth-order valence-corrected chi connectivity index (χ4v) is 2.38. The number of nitrogens with one attached hydrogen (secondary N) is 1. The third kappa shape index (κ3) is 2.84. The minimum Gasteiger partial charge on any atom is -0.508 e.